The fourth-order valence-corrected chi connectivity index (χ4v) is 4.02. The van der Waals surface area contributed by atoms with Crippen molar-refractivity contribution < 1.29 is 37.0 Å². The summed E-state index contributed by atoms with van der Waals surface area (Å²) < 4.78 is 54.9. The molecule has 182 valence electrons. The van der Waals surface area contributed by atoms with Gasteiger partial charge in [-0.15, -0.1) is 0 Å². The second-order valence-electron chi connectivity index (χ2n) is 8.18. The second-order valence-corrected chi connectivity index (χ2v) is 8.18. The van der Waals surface area contributed by atoms with Crippen LogP contribution in [0.4, 0.5) is 18.9 Å². The molecule has 4 rings (SSSR count). The van der Waals surface area contributed by atoms with Gasteiger partial charge in [-0.05, 0) is 55.3 Å². The minimum absolute atomic E-state index is 0.0270. The number of benzene rings is 2. The van der Waals surface area contributed by atoms with Crippen LogP contribution in [0.5, 0.6) is 5.75 Å². The molecule has 0 saturated carbocycles. The van der Waals surface area contributed by atoms with Crippen molar-refractivity contribution in [1.29, 1.82) is 0 Å². The number of halogens is 3. The zero-order chi connectivity index (χ0) is 24.1. The number of piperidine rings is 1. The quantitative estimate of drug-likeness (QED) is 0.681. The largest absolute Gasteiger partial charge is 0.484 e. The molecule has 0 spiro atoms. The Bertz CT molecular complexity index is 998. The number of amides is 2. The summed E-state index contributed by atoms with van der Waals surface area (Å²) in [6.45, 7) is 2.10. The highest BCUT2D eigenvalue weighted by Crippen LogP contribution is 2.31. The molecule has 2 amide bonds. The van der Waals surface area contributed by atoms with Crippen molar-refractivity contribution in [1.82, 2.24) is 4.90 Å². The Balaban J connectivity index is 1.24. The van der Waals surface area contributed by atoms with Crippen LogP contribution in [0.2, 0.25) is 0 Å². The number of alkyl halides is 3. The van der Waals surface area contributed by atoms with E-state index in [0.717, 1.165) is 25.0 Å². The molecule has 10 heteroatoms. The molecule has 0 unspecified atom stereocenters. The zero-order valence-corrected chi connectivity index (χ0v) is 18.3. The van der Waals surface area contributed by atoms with Crippen LogP contribution in [0.25, 0.3) is 0 Å². The van der Waals surface area contributed by atoms with Crippen LogP contribution in [0.1, 0.15) is 28.8 Å². The summed E-state index contributed by atoms with van der Waals surface area (Å²) in [7, 11) is 0. The first-order chi connectivity index (χ1) is 16.3. The molecule has 2 heterocycles. The third-order valence-corrected chi connectivity index (χ3v) is 5.80. The van der Waals surface area contributed by atoms with Crippen molar-refractivity contribution in [3.8, 4) is 5.75 Å². The summed E-state index contributed by atoms with van der Waals surface area (Å²) in [6, 6.07) is 10.8. The fraction of sp³-hybridized carbons (Fsp3) is 0.417. The summed E-state index contributed by atoms with van der Waals surface area (Å²) in [4.78, 5) is 26.6. The maximum atomic E-state index is 12.8. The summed E-state index contributed by atoms with van der Waals surface area (Å²) in [5.74, 6) is -0.0208. The van der Waals surface area contributed by atoms with Gasteiger partial charge in [-0.25, -0.2) is 0 Å². The van der Waals surface area contributed by atoms with Gasteiger partial charge in [-0.1, -0.05) is 6.07 Å². The Labute approximate surface area is 194 Å². The molecule has 0 bridgehead atoms. The Kier molecular flexibility index (Phi) is 7.38. The lowest BCUT2D eigenvalue weighted by Gasteiger charge is -2.33. The van der Waals surface area contributed by atoms with E-state index in [1.165, 1.54) is 12.1 Å². The average molecular weight is 478 g/mol. The lowest BCUT2D eigenvalue weighted by molar-refractivity contribution is -0.137. The maximum Gasteiger partial charge on any atom is 0.416 e. The number of hydrogen-bond donors (Lipinski definition) is 1. The first-order valence-electron chi connectivity index (χ1n) is 11.0. The van der Waals surface area contributed by atoms with Crippen molar-refractivity contribution in [3.05, 3.63) is 59.7 Å². The minimum Gasteiger partial charge on any atom is -0.484 e. The third-order valence-electron chi connectivity index (χ3n) is 5.80. The van der Waals surface area contributed by atoms with Gasteiger partial charge in [0.1, 0.15) is 5.75 Å². The standard InChI is InChI=1S/C24H25F3N2O5/c25-24(26,27)18-2-1-3-19(14-18)28-21(30)15-34-20-6-4-16(5-7-20)22(31)29-10-8-17(9-11-29)23-32-12-13-33-23/h1-7,14,17,23H,8-13,15H2,(H,28,30). The zero-order valence-electron chi connectivity index (χ0n) is 18.3. The van der Waals surface area contributed by atoms with Crippen LogP contribution in [-0.4, -0.2) is 55.9 Å². The van der Waals surface area contributed by atoms with E-state index in [9.17, 15) is 22.8 Å². The van der Waals surface area contributed by atoms with E-state index < -0.39 is 17.6 Å². The molecular formula is C24H25F3N2O5. The van der Waals surface area contributed by atoms with Crippen molar-refractivity contribution in [2.75, 3.05) is 38.2 Å². The van der Waals surface area contributed by atoms with Crippen molar-refractivity contribution in [3.63, 3.8) is 0 Å². The van der Waals surface area contributed by atoms with E-state index >= 15 is 0 Å². The lowest BCUT2D eigenvalue weighted by Crippen LogP contribution is -2.41. The summed E-state index contributed by atoms with van der Waals surface area (Å²) in [6.07, 6.45) is -3.03. The van der Waals surface area contributed by atoms with Crippen LogP contribution in [-0.2, 0) is 20.4 Å². The lowest BCUT2D eigenvalue weighted by atomic mass is 9.95. The van der Waals surface area contributed by atoms with Gasteiger partial charge in [-0.3, -0.25) is 9.59 Å². The highest BCUT2D eigenvalue weighted by molar-refractivity contribution is 5.94. The van der Waals surface area contributed by atoms with Gasteiger partial charge >= 0.3 is 6.18 Å². The van der Waals surface area contributed by atoms with Crippen LogP contribution in [0.3, 0.4) is 0 Å². The van der Waals surface area contributed by atoms with Crippen molar-refractivity contribution >= 4 is 17.5 Å². The SMILES string of the molecule is O=C(COc1ccc(C(=O)N2CCC(C3OCCO3)CC2)cc1)Nc1cccc(C(F)(F)F)c1. The van der Waals surface area contributed by atoms with Gasteiger partial charge < -0.3 is 24.4 Å². The Morgan fingerprint density at radius 1 is 1.03 bits per heavy atom. The molecule has 1 N–H and O–H groups in total. The summed E-state index contributed by atoms with van der Waals surface area (Å²) in [5, 5.41) is 2.38. The molecule has 2 aromatic carbocycles. The molecule has 2 aromatic rings. The van der Waals surface area contributed by atoms with Gasteiger partial charge in [0, 0.05) is 30.3 Å². The first kappa shape index (κ1) is 24.0. The monoisotopic (exact) mass is 478 g/mol. The Hall–Kier alpha value is -3.11. The minimum atomic E-state index is -4.49. The van der Waals surface area contributed by atoms with Crippen LogP contribution in [0.15, 0.2) is 48.5 Å². The highest BCUT2D eigenvalue weighted by Gasteiger charge is 2.32. The van der Waals surface area contributed by atoms with Crippen molar-refractivity contribution in [2.24, 2.45) is 5.92 Å². The molecule has 0 aromatic heterocycles. The molecule has 2 aliphatic rings. The van der Waals surface area contributed by atoms with E-state index in [0.29, 0.717) is 43.5 Å². The molecule has 0 atom stereocenters. The van der Waals surface area contributed by atoms with Crippen LogP contribution in [0, 0.1) is 5.92 Å². The molecule has 7 nitrogen and oxygen atoms in total. The van der Waals surface area contributed by atoms with Gasteiger partial charge in [0.15, 0.2) is 12.9 Å². The van der Waals surface area contributed by atoms with Gasteiger partial charge in [0.25, 0.3) is 11.8 Å². The van der Waals surface area contributed by atoms with Gasteiger partial charge in [-0.2, -0.15) is 13.2 Å². The Morgan fingerprint density at radius 3 is 2.35 bits per heavy atom. The van der Waals surface area contributed by atoms with E-state index in [4.69, 9.17) is 14.2 Å². The van der Waals surface area contributed by atoms with E-state index in [-0.39, 0.29) is 24.5 Å². The fourth-order valence-electron chi connectivity index (χ4n) is 4.02. The third kappa shape index (κ3) is 6.06. The highest BCUT2D eigenvalue weighted by atomic mass is 19.4. The van der Waals surface area contributed by atoms with E-state index in [1.54, 1.807) is 29.2 Å². The average Bonchev–Trinajstić information content (AvgIpc) is 3.37. The molecule has 2 fully saturated rings. The molecule has 34 heavy (non-hydrogen) atoms. The number of rotatable bonds is 6. The molecular weight excluding hydrogens is 453 g/mol. The van der Waals surface area contributed by atoms with Crippen molar-refractivity contribution in [2.45, 2.75) is 25.3 Å². The molecule has 0 radical (unpaired) electrons. The number of carbonyl (C=O) groups is 2. The van der Waals surface area contributed by atoms with E-state index in [2.05, 4.69) is 5.32 Å². The summed E-state index contributed by atoms with van der Waals surface area (Å²) in [5.41, 5.74) is -0.317. The van der Waals surface area contributed by atoms with E-state index in [1.807, 2.05) is 0 Å². The van der Waals surface area contributed by atoms with Crippen LogP contribution >= 0.6 is 0 Å². The maximum absolute atomic E-state index is 12.8. The Morgan fingerprint density at radius 2 is 1.71 bits per heavy atom. The van der Waals surface area contributed by atoms with Gasteiger partial charge in [0.2, 0.25) is 0 Å². The number of nitrogens with one attached hydrogen (secondary N) is 1. The number of hydrogen-bond acceptors (Lipinski definition) is 5. The number of anilines is 1. The second kappa shape index (κ2) is 10.4. The van der Waals surface area contributed by atoms with Crippen LogP contribution < -0.4 is 10.1 Å². The normalized spacial score (nSPS) is 17.6. The first-order valence-corrected chi connectivity index (χ1v) is 11.0. The predicted octanol–water partition coefficient (Wildman–Crippen LogP) is 3.95. The smallest absolute Gasteiger partial charge is 0.416 e. The predicted molar refractivity (Wildman–Crippen MR) is 116 cm³/mol. The topological polar surface area (TPSA) is 77.1 Å². The number of likely N-dealkylation sites (tertiary alicyclic amines) is 1. The van der Waals surface area contributed by atoms with Gasteiger partial charge in [0.05, 0.1) is 18.8 Å². The summed E-state index contributed by atoms with van der Waals surface area (Å²) >= 11 is 0. The molecule has 2 aliphatic heterocycles. The molecule has 0 aliphatic carbocycles. The number of carbonyl (C=O) groups excluding carboxylic acids is 2. The number of nitrogens with zero attached hydrogens (tertiary/aromatic N) is 1. The number of ether oxygens (including phenoxy) is 3. The molecule has 2 saturated heterocycles.